The van der Waals surface area contributed by atoms with Crippen molar-refractivity contribution < 1.29 is 4.79 Å². The van der Waals surface area contributed by atoms with Crippen LogP contribution in [0, 0.1) is 11.3 Å². The van der Waals surface area contributed by atoms with Gasteiger partial charge in [0.05, 0.1) is 12.6 Å². The summed E-state index contributed by atoms with van der Waals surface area (Å²) < 4.78 is 3.05. The standard InChI is InChI=1S/C16H27N5O2/c1-16(2,3)14(22)19-9-7-12(8-10-19)11-20-15(23)21(18-17-20)13-5-4-6-13/h12-13H,4-11H2,1-3H3. The van der Waals surface area contributed by atoms with Crippen molar-refractivity contribution in [1.82, 2.24) is 24.7 Å². The van der Waals surface area contributed by atoms with E-state index in [0.717, 1.165) is 38.8 Å². The van der Waals surface area contributed by atoms with Gasteiger partial charge in [-0.1, -0.05) is 20.8 Å². The third-order valence-corrected chi connectivity index (χ3v) is 5.06. The van der Waals surface area contributed by atoms with Crippen LogP contribution in [0.4, 0.5) is 0 Å². The molecular formula is C16H27N5O2. The van der Waals surface area contributed by atoms with E-state index in [1.54, 1.807) is 4.68 Å². The van der Waals surface area contributed by atoms with Gasteiger partial charge in [0.1, 0.15) is 0 Å². The first-order valence-electron chi connectivity index (χ1n) is 8.68. The van der Waals surface area contributed by atoms with Gasteiger partial charge < -0.3 is 4.90 Å². The number of hydrogen-bond acceptors (Lipinski definition) is 4. The van der Waals surface area contributed by atoms with Crippen LogP contribution in [0.5, 0.6) is 0 Å². The Morgan fingerprint density at radius 2 is 1.78 bits per heavy atom. The first-order chi connectivity index (χ1) is 10.9. The maximum absolute atomic E-state index is 12.3. The Balaban J connectivity index is 1.56. The minimum Gasteiger partial charge on any atom is -0.342 e. The van der Waals surface area contributed by atoms with Crippen LogP contribution in [0.15, 0.2) is 4.79 Å². The van der Waals surface area contributed by atoms with Gasteiger partial charge in [0.25, 0.3) is 0 Å². The summed E-state index contributed by atoms with van der Waals surface area (Å²) in [4.78, 5) is 26.6. The average molecular weight is 321 g/mol. The molecule has 0 N–H and O–H groups in total. The zero-order valence-corrected chi connectivity index (χ0v) is 14.4. The lowest BCUT2D eigenvalue weighted by Crippen LogP contribution is -2.45. The summed E-state index contributed by atoms with van der Waals surface area (Å²) >= 11 is 0. The molecule has 1 saturated heterocycles. The van der Waals surface area contributed by atoms with E-state index in [2.05, 4.69) is 10.4 Å². The fourth-order valence-corrected chi connectivity index (χ4v) is 3.30. The normalized spacial score (nSPS) is 20.6. The van der Waals surface area contributed by atoms with Gasteiger partial charge in [-0.3, -0.25) is 4.79 Å². The van der Waals surface area contributed by atoms with E-state index in [9.17, 15) is 9.59 Å². The van der Waals surface area contributed by atoms with Crippen molar-refractivity contribution in [2.24, 2.45) is 11.3 Å². The maximum Gasteiger partial charge on any atom is 0.363 e. The third-order valence-electron chi connectivity index (χ3n) is 5.06. The third kappa shape index (κ3) is 3.33. The number of carbonyl (C=O) groups excluding carboxylic acids is 1. The lowest BCUT2D eigenvalue weighted by atomic mass is 9.91. The Hall–Kier alpha value is -1.66. The topological polar surface area (TPSA) is 73.0 Å². The summed E-state index contributed by atoms with van der Waals surface area (Å²) in [6.45, 7) is 8.03. The van der Waals surface area contributed by atoms with Crippen molar-refractivity contribution in [3.05, 3.63) is 10.5 Å². The summed E-state index contributed by atoms with van der Waals surface area (Å²) in [6.07, 6.45) is 5.08. The van der Waals surface area contributed by atoms with Crippen molar-refractivity contribution in [1.29, 1.82) is 0 Å². The monoisotopic (exact) mass is 321 g/mol. The Labute approximate surface area is 136 Å². The highest BCUT2D eigenvalue weighted by Crippen LogP contribution is 2.29. The second-order valence-corrected chi connectivity index (χ2v) is 7.96. The molecule has 1 aliphatic heterocycles. The number of tetrazole rings is 1. The molecule has 128 valence electrons. The lowest BCUT2D eigenvalue weighted by molar-refractivity contribution is -0.140. The van der Waals surface area contributed by atoms with Crippen molar-refractivity contribution in [2.45, 2.75) is 65.5 Å². The van der Waals surface area contributed by atoms with Crippen LogP contribution < -0.4 is 5.69 Å². The molecule has 0 spiro atoms. The predicted molar refractivity (Wildman–Crippen MR) is 85.9 cm³/mol. The summed E-state index contributed by atoms with van der Waals surface area (Å²) in [5.74, 6) is 0.604. The van der Waals surface area contributed by atoms with E-state index < -0.39 is 0 Å². The van der Waals surface area contributed by atoms with Crippen LogP contribution in [0.2, 0.25) is 0 Å². The average Bonchev–Trinajstić information content (AvgIpc) is 2.78. The number of nitrogens with zero attached hydrogens (tertiary/aromatic N) is 5. The molecule has 1 aromatic heterocycles. The molecule has 2 aliphatic rings. The van der Waals surface area contributed by atoms with Crippen LogP contribution in [0.1, 0.15) is 58.9 Å². The van der Waals surface area contributed by atoms with Crippen molar-refractivity contribution in [3.8, 4) is 0 Å². The molecule has 7 heteroatoms. The van der Waals surface area contributed by atoms with Crippen LogP contribution >= 0.6 is 0 Å². The predicted octanol–water partition coefficient (Wildman–Crippen LogP) is 1.45. The molecule has 1 aliphatic carbocycles. The second kappa shape index (κ2) is 6.09. The number of aromatic nitrogens is 4. The quantitative estimate of drug-likeness (QED) is 0.844. The van der Waals surface area contributed by atoms with Gasteiger partial charge in [-0.2, -0.15) is 9.36 Å². The van der Waals surface area contributed by atoms with Crippen LogP contribution in [0.25, 0.3) is 0 Å². The smallest absolute Gasteiger partial charge is 0.342 e. The zero-order chi connectivity index (χ0) is 16.6. The van der Waals surface area contributed by atoms with Gasteiger partial charge >= 0.3 is 5.69 Å². The molecule has 0 unspecified atom stereocenters. The minimum absolute atomic E-state index is 0.0807. The van der Waals surface area contributed by atoms with Gasteiger partial charge in [0, 0.05) is 18.5 Å². The van der Waals surface area contributed by atoms with E-state index in [1.807, 2.05) is 25.7 Å². The summed E-state index contributed by atoms with van der Waals surface area (Å²) in [5.41, 5.74) is -0.405. The first-order valence-corrected chi connectivity index (χ1v) is 8.68. The van der Waals surface area contributed by atoms with Gasteiger partial charge in [-0.15, -0.1) is 0 Å². The molecule has 0 atom stereocenters. The Bertz CT molecular complexity index is 615. The van der Waals surface area contributed by atoms with Gasteiger partial charge in [-0.05, 0) is 48.4 Å². The Kier molecular flexibility index (Phi) is 4.29. The van der Waals surface area contributed by atoms with Crippen LogP contribution in [-0.2, 0) is 11.3 Å². The summed E-state index contributed by atoms with van der Waals surface area (Å²) in [6, 6.07) is 0.252. The van der Waals surface area contributed by atoms with E-state index in [4.69, 9.17) is 0 Å². The number of amides is 1. The molecule has 7 nitrogen and oxygen atoms in total. The molecule has 2 heterocycles. The molecule has 23 heavy (non-hydrogen) atoms. The van der Waals surface area contributed by atoms with Crippen molar-refractivity contribution in [2.75, 3.05) is 13.1 Å². The molecule has 2 fully saturated rings. The van der Waals surface area contributed by atoms with E-state index in [-0.39, 0.29) is 23.1 Å². The van der Waals surface area contributed by atoms with Gasteiger partial charge in [0.2, 0.25) is 5.91 Å². The second-order valence-electron chi connectivity index (χ2n) is 7.96. The minimum atomic E-state index is -0.324. The molecular weight excluding hydrogens is 294 g/mol. The highest BCUT2D eigenvalue weighted by molar-refractivity contribution is 5.81. The lowest BCUT2D eigenvalue weighted by Gasteiger charge is -2.35. The molecule has 3 rings (SSSR count). The Morgan fingerprint density at radius 1 is 1.13 bits per heavy atom. The summed E-state index contributed by atoms with van der Waals surface area (Å²) in [7, 11) is 0. The SMILES string of the molecule is CC(C)(C)C(=O)N1CCC(Cn2nnn(C3CCC3)c2=O)CC1. The molecule has 0 radical (unpaired) electrons. The number of piperidine rings is 1. The highest BCUT2D eigenvalue weighted by atomic mass is 16.2. The first kappa shape index (κ1) is 16.2. The van der Waals surface area contributed by atoms with Crippen LogP contribution in [0.3, 0.4) is 0 Å². The molecule has 1 saturated carbocycles. The molecule has 0 aromatic carbocycles. The zero-order valence-electron chi connectivity index (χ0n) is 14.4. The number of likely N-dealkylation sites (tertiary alicyclic amines) is 1. The fraction of sp³-hybridized carbons (Fsp3) is 0.875. The van der Waals surface area contributed by atoms with E-state index >= 15 is 0 Å². The molecule has 0 bridgehead atoms. The molecule has 1 amide bonds. The van der Waals surface area contributed by atoms with Crippen molar-refractivity contribution in [3.63, 3.8) is 0 Å². The summed E-state index contributed by atoms with van der Waals surface area (Å²) in [5, 5.41) is 8.07. The van der Waals surface area contributed by atoms with Gasteiger partial charge in [0.15, 0.2) is 0 Å². The maximum atomic E-state index is 12.3. The fourth-order valence-electron chi connectivity index (χ4n) is 3.30. The largest absolute Gasteiger partial charge is 0.363 e. The number of hydrogen-bond donors (Lipinski definition) is 0. The van der Waals surface area contributed by atoms with Gasteiger partial charge in [-0.25, -0.2) is 4.79 Å². The molecule has 1 aromatic rings. The van der Waals surface area contributed by atoms with Crippen LogP contribution in [-0.4, -0.2) is 43.7 Å². The van der Waals surface area contributed by atoms with Crippen molar-refractivity contribution >= 4 is 5.91 Å². The number of carbonyl (C=O) groups is 1. The Morgan fingerprint density at radius 3 is 2.30 bits per heavy atom. The van der Waals surface area contributed by atoms with E-state index in [0.29, 0.717) is 12.5 Å². The number of rotatable bonds is 3. The van der Waals surface area contributed by atoms with E-state index in [1.165, 1.54) is 11.1 Å². The highest BCUT2D eigenvalue weighted by Gasteiger charge is 2.31.